The maximum Gasteiger partial charge on any atom is 0.338 e. The van der Waals surface area contributed by atoms with E-state index < -0.39 is 22.5 Å². The highest BCUT2D eigenvalue weighted by Gasteiger charge is 2.33. The third kappa shape index (κ3) is 5.78. The van der Waals surface area contributed by atoms with Crippen LogP contribution >= 0.6 is 39.0 Å². The molecule has 0 bridgehead atoms. The number of aromatic nitrogens is 3. The van der Waals surface area contributed by atoms with E-state index in [1.165, 1.54) is 10.6 Å². The minimum absolute atomic E-state index is 0.143. The van der Waals surface area contributed by atoms with Crippen molar-refractivity contribution in [2.24, 2.45) is 4.99 Å². The molecule has 1 atom stereocenters. The van der Waals surface area contributed by atoms with Gasteiger partial charge in [0.1, 0.15) is 5.75 Å². The van der Waals surface area contributed by atoms with Crippen LogP contribution in [0.25, 0.3) is 6.08 Å². The highest BCUT2D eigenvalue weighted by atomic mass is 79.9. The lowest BCUT2D eigenvalue weighted by Crippen LogP contribution is -2.40. The van der Waals surface area contributed by atoms with E-state index in [2.05, 4.69) is 30.9 Å². The van der Waals surface area contributed by atoms with Gasteiger partial charge in [-0.1, -0.05) is 23.5 Å². The first-order chi connectivity index (χ1) is 20.2. The van der Waals surface area contributed by atoms with Gasteiger partial charge < -0.3 is 9.47 Å². The van der Waals surface area contributed by atoms with Crippen LogP contribution in [0.1, 0.15) is 31.0 Å². The molecule has 2 aromatic carbocycles. The van der Waals surface area contributed by atoms with Crippen molar-refractivity contribution in [1.29, 1.82) is 0 Å². The number of hydrogen-bond donors (Lipinski definition) is 0. The number of fused-ring (bicyclic) bond motifs is 1. The molecule has 14 heteroatoms. The number of rotatable bonds is 8. The predicted molar refractivity (Wildman–Crippen MR) is 160 cm³/mol. The molecular formula is C28H22BrN5O6S2. The summed E-state index contributed by atoms with van der Waals surface area (Å²) in [4.78, 5) is 52.0. The summed E-state index contributed by atoms with van der Waals surface area (Å²) in [6.45, 7) is 3.56. The van der Waals surface area contributed by atoms with Gasteiger partial charge in [0, 0.05) is 18.5 Å². The van der Waals surface area contributed by atoms with E-state index in [0.29, 0.717) is 46.4 Å². The van der Waals surface area contributed by atoms with Crippen molar-refractivity contribution in [3.05, 3.63) is 112 Å². The topological polar surface area (TPSA) is 139 Å². The van der Waals surface area contributed by atoms with E-state index in [9.17, 15) is 19.7 Å². The number of esters is 1. The Balaban J connectivity index is 1.64. The van der Waals surface area contributed by atoms with E-state index in [4.69, 9.17) is 9.47 Å². The van der Waals surface area contributed by atoms with Gasteiger partial charge in [-0.3, -0.25) is 19.5 Å². The van der Waals surface area contributed by atoms with Crippen LogP contribution in [-0.4, -0.2) is 39.1 Å². The first kappa shape index (κ1) is 29.4. The van der Waals surface area contributed by atoms with Gasteiger partial charge in [-0.15, -0.1) is 0 Å². The Labute approximate surface area is 255 Å². The molecular weight excluding hydrogens is 646 g/mol. The summed E-state index contributed by atoms with van der Waals surface area (Å²) in [6.07, 6.45) is 4.69. The number of ether oxygens (including phenoxy) is 2. The Kier molecular flexibility index (Phi) is 8.66. The van der Waals surface area contributed by atoms with Crippen molar-refractivity contribution in [3.8, 4) is 5.75 Å². The Bertz CT molecular complexity index is 1920. The van der Waals surface area contributed by atoms with Crippen LogP contribution in [-0.2, 0) is 9.53 Å². The van der Waals surface area contributed by atoms with Crippen LogP contribution in [0.2, 0.25) is 0 Å². The number of allylic oxidation sites excluding steroid dienone is 1. The van der Waals surface area contributed by atoms with Gasteiger partial charge in [0.15, 0.2) is 9.96 Å². The van der Waals surface area contributed by atoms with Gasteiger partial charge in [0.25, 0.3) is 11.2 Å². The fourth-order valence-corrected chi connectivity index (χ4v) is 6.80. The third-order valence-corrected chi connectivity index (χ3v) is 8.79. The minimum Gasteiger partial charge on any atom is -0.496 e. The number of benzene rings is 2. The quantitative estimate of drug-likeness (QED) is 0.116. The fraction of sp³-hybridized carbons (Fsp3) is 0.179. The fourth-order valence-electron chi connectivity index (χ4n) is 4.40. The second-order valence-electron chi connectivity index (χ2n) is 8.81. The molecule has 0 unspecified atom stereocenters. The number of nitrogens with zero attached hydrogens (tertiary/aromatic N) is 5. The lowest BCUT2D eigenvalue weighted by molar-refractivity contribution is -0.387. The summed E-state index contributed by atoms with van der Waals surface area (Å²) >= 11 is 5.70. The molecule has 5 rings (SSSR count). The first-order valence-electron chi connectivity index (χ1n) is 12.5. The number of thiazole rings is 1. The van der Waals surface area contributed by atoms with Crippen LogP contribution < -0.4 is 19.6 Å². The Morgan fingerprint density at radius 2 is 2.00 bits per heavy atom. The van der Waals surface area contributed by atoms with Crippen molar-refractivity contribution in [2.75, 3.05) is 13.7 Å². The summed E-state index contributed by atoms with van der Waals surface area (Å²) in [7, 11) is 1.54. The first-order valence-corrected chi connectivity index (χ1v) is 14.9. The highest BCUT2D eigenvalue weighted by molar-refractivity contribution is 9.10. The standard InChI is InChI=1S/C28H22BrN5O6S2/c1-4-40-26(36)23-15(2)32-28-33(24(23)17-7-8-20(39-3)18(29)14-17)25(35)22(42-28)13-16-6-9-21(19(12-16)34(37)38)41-27-30-10-5-11-31-27/h5-14,24H,4H2,1-3H3/b22-13+/t24-/m1/s1. The molecule has 0 saturated heterocycles. The molecule has 0 fully saturated rings. The van der Waals surface area contributed by atoms with Crippen molar-refractivity contribution in [3.63, 3.8) is 0 Å². The summed E-state index contributed by atoms with van der Waals surface area (Å²) in [5.74, 6) is 0.0163. The molecule has 42 heavy (non-hydrogen) atoms. The van der Waals surface area contributed by atoms with E-state index in [1.807, 2.05) is 0 Å². The van der Waals surface area contributed by atoms with Gasteiger partial charge in [-0.2, -0.15) is 0 Å². The lowest BCUT2D eigenvalue weighted by Gasteiger charge is -2.25. The van der Waals surface area contributed by atoms with Crippen LogP contribution in [0.4, 0.5) is 5.69 Å². The van der Waals surface area contributed by atoms with Crippen LogP contribution in [0.3, 0.4) is 0 Å². The smallest absolute Gasteiger partial charge is 0.338 e. The molecule has 0 spiro atoms. The second kappa shape index (κ2) is 12.4. The van der Waals surface area contributed by atoms with Gasteiger partial charge in [0.2, 0.25) is 0 Å². The Morgan fingerprint density at radius 3 is 2.67 bits per heavy atom. The molecule has 0 N–H and O–H groups in total. The number of halogens is 1. The molecule has 214 valence electrons. The number of hydrogen-bond acceptors (Lipinski definition) is 11. The minimum atomic E-state index is -0.816. The molecule has 0 aliphatic carbocycles. The second-order valence-corrected chi connectivity index (χ2v) is 11.7. The summed E-state index contributed by atoms with van der Waals surface area (Å²) in [5, 5.41) is 12.3. The van der Waals surface area contributed by atoms with E-state index in [0.717, 1.165) is 23.1 Å². The van der Waals surface area contributed by atoms with Crippen molar-refractivity contribution in [1.82, 2.24) is 14.5 Å². The monoisotopic (exact) mass is 667 g/mol. The molecule has 2 aromatic heterocycles. The van der Waals surface area contributed by atoms with E-state index in [-0.39, 0.29) is 17.9 Å². The van der Waals surface area contributed by atoms with Crippen molar-refractivity contribution >= 4 is 56.8 Å². The van der Waals surface area contributed by atoms with Crippen LogP contribution in [0.15, 0.2) is 90.4 Å². The van der Waals surface area contributed by atoms with E-state index in [1.54, 1.807) is 75.8 Å². The summed E-state index contributed by atoms with van der Waals surface area (Å²) in [6, 6.07) is 10.8. The number of carbonyl (C=O) groups is 1. The summed E-state index contributed by atoms with van der Waals surface area (Å²) in [5.41, 5.74) is 1.23. The molecule has 11 nitrogen and oxygen atoms in total. The zero-order chi connectivity index (χ0) is 30.0. The molecule has 3 heterocycles. The van der Waals surface area contributed by atoms with Gasteiger partial charge >= 0.3 is 5.97 Å². The molecule has 0 saturated carbocycles. The highest BCUT2D eigenvalue weighted by Crippen LogP contribution is 2.36. The summed E-state index contributed by atoms with van der Waals surface area (Å²) < 4.78 is 13.1. The van der Waals surface area contributed by atoms with Crippen molar-refractivity contribution < 1.29 is 19.2 Å². The third-order valence-electron chi connectivity index (χ3n) is 6.23. The maximum atomic E-state index is 13.9. The average molecular weight is 669 g/mol. The van der Waals surface area contributed by atoms with Crippen LogP contribution in [0.5, 0.6) is 5.75 Å². The van der Waals surface area contributed by atoms with Gasteiger partial charge in [-0.25, -0.2) is 19.8 Å². The molecule has 1 aliphatic heterocycles. The van der Waals surface area contributed by atoms with Gasteiger partial charge in [0.05, 0.1) is 49.9 Å². The number of carbonyl (C=O) groups excluding carboxylic acids is 1. The largest absolute Gasteiger partial charge is 0.496 e. The molecule has 0 amide bonds. The number of methoxy groups -OCH3 is 1. The SMILES string of the molecule is CCOC(=O)C1=C(C)N=c2s/c(=C/c3ccc(Sc4ncccn4)c([N+](=O)[O-])c3)c(=O)n2[C@@H]1c1ccc(OC)c(Br)c1. The zero-order valence-electron chi connectivity index (χ0n) is 22.4. The normalized spacial score (nSPS) is 14.8. The van der Waals surface area contributed by atoms with E-state index >= 15 is 0 Å². The predicted octanol–water partition coefficient (Wildman–Crippen LogP) is 4.42. The van der Waals surface area contributed by atoms with Gasteiger partial charge in [-0.05, 0) is 83.0 Å². The van der Waals surface area contributed by atoms with Crippen LogP contribution in [0, 0.1) is 10.1 Å². The molecule has 1 aliphatic rings. The Morgan fingerprint density at radius 1 is 1.24 bits per heavy atom. The average Bonchev–Trinajstić information content (AvgIpc) is 3.27. The zero-order valence-corrected chi connectivity index (χ0v) is 25.7. The molecule has 0 radical (unpaired) electrons. The number of nitro benzene ring substituents is 1. The Hall–Kier alpha value is -4.14. The van der Waals surface area contributed by atoms with Crippen molar-refractivity contribution in [2.45, 2.75) is 29.9 Å². The molecule has 4 aromatic rings. The lowest BCUT2D eigenvalue weighted by atomic mass is 9.96. The number of nitro groups is 1. The maximum absolute atomic E-state index is 13.9.